The molecule has 1 saturated heterocycles. The Morgan fingerprint density at radius 1 is 1.06 bits per heavy atom. The summed E-state index contributed by atoms with van der Waals surface area (Å²) in [5.74, 6) is -0.488. The van der Waals surface area contributed by atoms with Crippen molar-refractivity contribution in [2.24, 2.45) is 0 Å². The maximum atomic E-state index is 13.2. The largest absolute Gasteiger partial charge is 0.391 e. The van der Waals surface area contributed by atoms with Crippen molar-refractivity contribution in [2.75, 3.05) is 13.1 Å². The summed E-state index contributed by atoms with van der Waals surface area (Å²) in [4.78, 5) is 36.7. The minimum Gasteiger partial charge on any atom is -0.391 e. The zero-order valence-corrected chi connectivity index (χ0v) is 19.1. The van der Waals surface area contributed by atoms with E-state index in [1.54, 1.807) is 35.5 Å². The first-order chi connectivity index (χ1) is 15.8. The molecule has 1 aromatic carbocycles. The third kappa shape index (κ3) is 5.26. The van der Waals surface area contributed by atoms with Crippen molar-refractivity contribution in [3.8, 4) is 11.3 Å². The highest BCUT2D eigenvalue weighted by molar-refractivity contribution is 6.01. The molecule has 0 radical (unpaired) electrons. The fraction of sp³-hybridized carbons (Fsp3) is 0.308. The Labute approximate surface area is 193 Å². The zero-order valence-electron chi connectivity index (χ0n) is 19.1. The second-order valence-electron chi connectivity index (χ2n) is 8.64. The summed E-state index contributed by atoms with van der Waals surface area (Å²) in [6, 6.07) is 12.5. The molecule has 3 aromatic rings. The Bertz CT molecular complexity index is 1160. The van der Waals surface area contributed by atoms with Crippen LogP contribution in [-0.2, 0) is 0 Å². The number of nitrogens with one attached hydrogen (secondary N) is 1. The first-order valence-electron chi connectivity index (χ1n) is 11.1. The maximum Gasteiger partial charge on any atom is 0.253 e. The molecule has 2 atom stereocenters. The molecule has 7 nitrogen and oxygen atoms in total. The predicted octanol–water partition coefficient (Wildman–Crippen LogP) is 3.46. The number of aryl methyl sites for hydroxylation is 2. The number of carbonyl (C=O) groups excluding carboxylic acids is 2. The minimum absolute atomic E-state index is 0.203. The highest BCUT2D eigenvalue weighted by Crippen LogP contribution is 2.24. The average molecular weight is 445 g/mol. The van der Waals surface area contributed by atoms with Gasteiger partial charge in [0.2, 0.25) is 0 Å². The normalized spacial score (nSPS) is 16.5. The van der Waals surface area contributed by atoms with Crippen LogP contribution in [0, 0.1) is 13.8 Å². The Balaban J connectivity index is 1.66. The van der Waals surface area contributed by atoms with Gasteiger partial charge in [-0.1, -0.05) is 12.1 Å². The molecule has 170 valence electrons. The van der Waals surface area contributed by atoms with E-state index in [4.69, 9.17) is 0 Å². The van der Waals surface area contributed by atoms with Crippen molar-refractivity contribution in [3.05, 3.63) is 82.8 Å². The van der Waals surface area contributed by atoms with Gasteiger partial charge < -0.3 is 15.3 Å². The van der Waals surface area contributed by atoms with E-state index in [1.165, 1.54) is 0 Å². The summed E-state index contributed by atoms with van der Waals surface area (Å²) in [5, 5.41) is 12.8. The van der Waals surface area contributed by atoms with Crippen LogP contribution in [0.5, 0.6) is 0 Å². The summed E-state index contributed by atoms with van der Waals surface area (Å²) < 4.78 is 0. The van der Waals surface area contributed by atoms with Gasteiger partial charge in [-0.2, -0.15) is 0 Å². The number of aliphatic hydroxyl groups excluding tert-OH is 1. The maximum absolute atomic E-state index is 13.2. The second-order valence-corrected chi connectivity index (χ2v) is 8.64. The molecule has 4 rings (SSSR count). The van der Waals surface area contributed by atoms with E-state index in [2.05, 4.69) is 15.3 Å². The van der Waals surface area contributed by atoms with Gasteiger partial charge in [-0.3, -0.25) is 19.6 Å². The number of pyridine rings is 2. The molecule has 2 unspecified atom stereocenters. The van der Waals surface area contributed by atoms with Crippen LogP contribution in [0.15, 0.2) is 54.9 Å². The van der Waals surface area contributed by atoms with E-state index in [0.29, 0.717) is 41.9 Å². The zero-order chi connectivity index (χ0) is 23.5. The van der Waals surface area contributed by atoms with Crippen molar-refractivity contribution in [3.63, 3.8) is 0 Å². The molecule has 0 aliphatic carbocycles. The van der Waals surface area contributed by atoms with Crippen molar-refractivity contribution >= 4 is 11.8 Å². The van der Waals surface area contributed by atoms with E-state index >= 15 is 0 Å². The van der Waals surface area contributed by atoms with Crippen molar-refractivity contribution in [1.29, 1.82) is 0 Å². The predicted molar refractivity (Wildman–Crippen MR) is 126 cm³/mol. The molecule has 2 N–H and O–H groups in total. The summed E-state index contributed by atoms with van der Waals surface area (Å²) in [7, 11) is 0. The molecule has 2 aromatic heterocycles. The Hall–Kier alpha value is -3.58. The van der Waals surface area contributed by atoms with E-state index < -0.39 is 6.10 Å². The fourth-order valence-corrected chi connectivity index (χ4v) is 3.88. The number of likely N-dealkylation sites (tertiary alicyclic amines) is 1. The van der Waals surface area contributed by atoms with E-state index in [0.717, 1.165) is 16.8 Å². The molecule has 0 spiro atoms. The molecule has 3 heterocycles. The second kappa shape index (κ2) is 9.50. The molecule has 1 aliphatic rings. The molecule has 0 saturated carbocycles. The fourth-order valence-electron chi connectivity index (χ4n) is 3.88. The van der Waals surface area contributed by atoms with Gasteiger partial charge in [-0.25, -0.2) is 0 Å². The van der Waals surface area contributed by atoms with E-state index in [1.807, 2.05) is 45.0 Å². The summed E-state index contributed by atoms with van der Waals surface area (Å²) in [6.45, 7) is 6.55. The number of benzene rings is 1. The standard InChI is InChI=1S/C26H28N4O3/c1-16-4-7-24(28-13-16)20-10-21(12-22(11-20)26(33)30-9-8-23(31)15-30)25(32)29-18(3)19-6-5-17(2)27-14-19/h4-7,10-14,18,23,31H,8-9,15H2,1-3H3,(H,29,32). The summed E-state index contributed by atoms with van der Waals surface area (Å²) >= 11 is 0. The van der Waals surface area contributed by atoms with Crippen LogP contribution >= 0.6 is 0 Å². The van der Waals surface area contributed by atoms with Crippen LogP contribution in [-0.4, -0.2) is 51.0 Å². The van der Waals surface area contributed by atoms with E-state index in [-0.39, 0.29) is 17.9 Å². The van der Waals surface area contributed by atoms with Gasteiger partial charge >= 0.3 is 0 Å². The molecule has 7 heteroatoms. The van der Waals surface area contributed by atoms with Crippen LogP contribution in [0.25, 0.3) is 11.3 Å². The number of carbonyl (C=O) groups is 2. The van der Waals surface area contributed by atoms with Crippen LogP contribution in [0.1, 0.15) is 56.9 Å². The van der Waals surface area contributed by atoms with Crippen molar-refractivity contribution < 1.29 is 14.7 Å². The van der Waals surface area contributed by atoms with Crippen LogP contribution in [0.3, 0.4) is 0 Å². The lowest BCUT2D eigenvalue weighted by Crippen LogP contribution is -2.30. The monoisotopic (exact) mass is 444 g/mol. The van der Waals surface area contributed by atoms with Crippen molar-refractivity contribution in [1.82, 2.24) is 20.2 Å². The molecular formula is C26H28N4O3. The summed E-state index contributed by atoms with van der Waals surface area (Å²) in [5.41, 5.74) is 4.98. The lowest BCUT2D eigenvalue weighted by molar-refractivity contribution is 0.0765. The molecular weight excluding hydrogens is 416 g/mol. The number of aliphatic hydroxyl groups is 1. The van der Waals surface area contributed by atoms with Gasteiger partial charge in [0.15, 0.2) is 0 Å². The third-order valence-electron chi connectivity index (χ3n) is 5.88. The SMILES string of the molecule is Cc1ccc(-c2cc(C(=O)NC(C)c3ccc(C)nc3)cc(C(=O)N3CCC(O)C3)c2)nc1. The lowest BCUT2D eigenvalue weighted by Gasteiger charge is -2.18. The van der Waals surface area contributed by atoms with Crippen LogP contribution in [0.2, 0.25) is 0 Å². The topological polar surface area (TPSA) is 95.4 Å². The molecule has 0 bridgehead atoms. The first-order valence-corrected chi connectivity index (χ1v) is 11.1. The number of hydrogen-bond donors (Lipinski definition) is 2. The highest BCUT2D eigenvalue weighted by atomic mass is 16.3. The van der Waals surface area contributed by atoms with Gasteiger partial charge in [0.25, 0.3) is 11.8 Å². The van der Waals surface area contributed by atoms with Gasteiger partial charge in [0.05, 0.1) is 17.8 Å². The van der Waals surface area contributed by atoms with Gasteiger partial charge in [-0.15, -0.1) is 0 Å². The van der Waals surface area contributed by atoms with E-state index in [9.17, 15) is 14.7 Å². The Kier molecular flexibility index (Phi) is 6.51. The van der Waals surface area contributed by atoms with Gasteiger partial charge in [0, 0.05) is 47.9 Å². The quantitative estimate of drug-likeness (QED) is 0.628. The number of nitrogens with zero attached hydrogens (tertiary/aromatic N) is 3. The smallest absolute Gasteiger partial charge is 0.253 e. The molecule has 1 fully saturated rings. The number of amides is 2. The average Bonchev–Trinajstić information content (AvgIpc) is 3.25. The van der Waals surface area contributed by atoms with Crippen LogP contribution in [0.4, 0.5) is 0 Å². The highest BCUT2D eigenvalue weighted by Gasteiger charge is 2.26. The Morgan fingerprint density at radius 3 is 2.48 bits per heavy atom. The minimum atomic E-state index is -0.511. The van der Waals surface area contributed by atoms with Crippen LogP contribution < -0.4 is 5.32 Å². The molecule has 1 aliphatic heterocycles. The van der Waals surface area contributed by atoms with Gasteiger partial charge in [-0.05, 0) is 68.7 Å². The molecule has 2 amide bonds. The van der Waals surface area contributed by atoms with Gasteiger partial charge in [0.1, 0.15) is 0 Å². The summed E-state index contributed by atoms with van der Waals surface area (Å²) in [6.07, 6.45) is 3.55. The third-order valence-corrected chi connectivity index (χ3v) is 5.88. The number of rotatable bonds is 5. The number of β-amino-alcohol motifs (C(OH)–C–C–N with tert-alkyl or cyclic N) is 1. The van der Waals surface area contributed by atoms with Crippen molar-refractivity contribution in [2.45, 2.75) is 39.3 Å². The number of aromatic nitrogens is 2. The number of hydrogen-bond acceptors (Lipinski definition) is 5. The Morgan fingerprint density at radius 2 is 1.85 bits per heavy atom. The molecule has 33 heavy (non-hydrogen) atoms. The first kappa shape index (κ1) is 22.6. The lowest BCUT2D eigenvalue weighted by atomic mass is 10.0.